The van der Waals surface area contributed by atoms with Gasteiger partial charge in [-0.05, 0) is 75.1 Å². The Hall–Kier alpha value is -1.85. The van der Waals surface area contributed by atoms with Gasteiger partial charge in [-0.1, -0.05) is 13.8 Å². The van der Waals surface area contributed by atoms with E-state index in [0.717, 1.165) is 38.7 Å². The van der Waals surface area contributed by atoms with E-state index in [1.54, 1.807) is 13.8 Å². The van der Waals surface area contributed by atoms with Crippen LogP contribution in [-0.4, -0.2) is 42.9 Å². The molecule has 1 aliphatic carbocycles. The Morgan fingerprint density at radius 3 is 2.16 bits per heavy atom. The first-order valence-electron chi connectivity index (χ1n) is 13.2. The van der Waals surface area contributed by atoms with Gasteiger partial charge in [0.15, 0.2) is 0 Å². The normalized spacial score (nSPS) is 25.9. The van der Waals surface area contributed by atoms with Gasteiger partial charge in [-0.2, -0.15) is 26.3 Å². The van der Waals surface area contributed by atoms with Gasteiger partial charge in [0.1, 0.15) is 0 Å². The number of hydrogen-bond donors (Lipinski definition) is 3. The average Bonchev–Trinajstić information content (AvgIpc) is 3.32. The Morgan fingerprint density at radius 2 is 1.55 bits per heavy atom. The fourth-order valence-corrected chi connectivity index (χ4v) is 5.71. The summed E-state index contributed by atoms with van der Waals surface area (Å²) in [6.45, 7) is 4.20. The minimum atomic E-state index is -4.97. The number of ether oxygens (including phenoxy) is 1. The molecule has 3 unspecified atom stereocenters. The van der Waals surface area contributed by atoms with Crippen molar-refractivity contribution in [2.45, 2.75) is 96.2 Å². The number of hydrogen-bond acceptors (Lipinski definition) is 4. The van der Waals surface area contributed by atoms with E-state index in [1.807, 2.05) is 0 Å². The standard InChI is InChI=1S/C27H38F6N2O3/c1-24(2,17-36)25(9-8-22(15-25)35-21-6-3-4-10-38-11-5-7-21)23(37)34-16-18-12-19(26(28,29)30)14-20(13-18)27(31,32)33/h12-14,21-22,35-36H,3-11,15-17H2,1-2H3,(H,34,37). The predicted molar refractivity (Wildman–Crippen MR) is 130 cm³/mol. The molecule has 5 nitrogen and oxygen atoms in total. The fourth-order valence-electron chi connectivity index (χ4n) is 5.71. The van der Waals surface area contributed by atoms with Crippen LogP contribution in [0.15, 0.2) is 18.2 Å². The summed E-state index contributed by atoms with van der Waals surface area (Å²) < 4.78 is 85.1. The van der Waals surface area contributed by atoms with Gasteiger partial charge in [-0.25, -0.2) is 0 Å². The Balaban J connectivity index is 1.77. The van der Waals surface area contributed by atoms with E-state index in [2.05, 4.69) is 10.6 Å². The molecule has 0 aromatic heterocycles. The summed E-state index contributed by atoms with van der Waals surface area (Å²) >= 11 is 0. The average molecular weight is 553 g/mol. The highest BCUT2D eigenvalue weighted by Crippen LogP contribution is 2.51. The highest BCUT2D eigenvalue weighted by Gasteiger charge is 2.54. The maximum atomic E-state index is 13.6. The lowest BCUT2D eigenvalue weighted by atomic mass is 9.63. The van der Waals surface area contributed by atoms with Crippen LogP contribution in [-0.2, 0) is 28.4 Å². The lowest BCUT2D eigenvalue weighted by Gasteiger charge is -2.42. The number of benzene rings is 1. The molecule has 216 valence electrons. The number of carbonyl (C=O) groups excluding carboxylic acids is 1. The summed E-state index contributed by atoms with van der Waals surface area (Å²) in [5, 5.41) is 16.4. The second-order valence-corrected chi connectivity index (χ2v) is 11.3. The number of aliphatic hydroxyl groups is 1. The summed E-state index contributed by atoms with van der Waals surface area (Å²) in [6, 6.07) is 1.59. The van der Waals surface area contributed by atoms with Crippen molar-refractivity contribution in [3.8, 4) is 0 Å². The summed E-state index contributed by atoms with van der Waals surface area (Å²) in [5.74, 6) is -0.477. The molecule has 3 N–H and O–H groups in total. The molecule has 1 saturated carbocycles. The lowest BCUT2D eigenvalue weighted by Crippen LogP contribution is -2.51. The van der Waals surface area contributed by atoms with Gasteiger partial charge in [0.2, 0.25) is 5.91 Å². The third-order valence-electron chi connectivity index (χ3n) is 8.14. The van der Waals surface area contributed by atoms with Crippen LogP contribution >= 0.6 is 0 Å². The Kier molecular flexibility index (Phi) is 9.79. The minimum Gasteiger partial charge on any atom is -0.396 e. The van der Waals surface area contributed by atoms with Crippen LogP contribution in [0, 0.1) is 10.8 Å². The number of aliphatic hydroxyl groups excluding tert-OH is 1. The monoisotopic (exact) mass is 552 g/mol. The van der Waals surface area contributed by atoms with Crippen molar-refractivity contribution in [3.63, 3.8) is 0 Å². The van der Waals surface area contributed by atoms with Gasteiger partial charge < -0.3 is 20.5 Å². The third-order valence-corrected chi connectivity index (χ3v) is 8.14. The van der Waals surface area contributed by atoms with Crippen molar-refractivity contribution >= 4 is 5.91 Å². The molecule has 1 saturated heterocycles. The molecule has 11 heteroatoms. The van der Waals surface area contributed by atoms with Crippen LogP contribution in [0.2, 0.25) is 0 Å². The SMILES string of the molecule is CC(C)(CO)C1(C(=O)NCc2cc(C(F)(F)F)cc(C(F)(F)F)c2)CCC(NC2CCCCOCCC2)C1. The molecule has 2 aliphatic rings. The van der Waals surface area contributed by atoms with E-state index < -0.39 is 46.8 Å². The van der Waals surface area contributed by atoms with Gasteiger partial charge in [0.05, 0.1) is 16.5 Å². The molecule has 3 rings (SSSR count). The first kappa shape index (κ1) is 30.7. The van der Waals surface area contributed by atoms with Crippen LogP contribution < -0.4 is 10.6 Å². The number of alkyl halides is 6. The smallest absolute Gasteiger partial charge is 0.396 e. The van der Waals surface area contributed by atoms with Crippen molar-refractivity contribution in [2.75, 3.05) is 19.8 Å². The molecule has 1 aromatic carbocycles. The zero-order valence-electron chi connectivity index (χ0n) is 21.9. The number of halogens is 6. The van der Waals surface area contributed by atoms with E-state index in [-0.39, 0.29) is 30.3 Å². The Labute approximate surface area is 219 Å². The molecule has 38 heavy (non-hydrogen) atoms. The van der Waals surface area contributed by atoms with Crippen molar-refractivity contribution in [3.05, 3.63) is 34.9 Å². The first-order valence-corrected chi connectivity index (χ1v) is 13.2. The molecular weight excluding hydrogens is 514 g/mol. The lowest BCUT2D eigenvalue weighted by molar-refractivity contribution is -0.143. The molecule has 1 aliphatic heterocycles. The topological polar surface area (TPSA) is 70.6 Å². The summed E-state index contributed by atoms with van der Waals surface area (Å²) in [7, 11) is 0. The van der Waals surface area contributed by atoms with Crippen LogP contribution in [0.5, 0.6) is 0 Å². The van der Waals surface area contributed by atoms with Gasteiger partial charge in [0.25, 0.3) is 0 Å². The fraction of sp³-hybridized carbons (Fsp3) is 0.741. The van der Waals surface area contributed by atoms with Crippen LogP contribution in [0.4, 0.5) is 26.3 Å². The van der Waals surface area contributed by atoms with Crippen molar-refractivity contribution in [1.29, 1.82) is 0 Å². The molecule has 0 spiro atoms. The maximum Gasteiger partial charge on any atom is 0.416 e. The van der Waals surface area contributed by atoms with E-state index in [0.29, 0.717) is 38.0 Å². The molecule has 3 atom stereocenters. The predicted octanol–water partition coefficient (Wildman–Crippen LogP) is 5.84. The van der Waals surface area contributed by atoms with Crippen LogP contribution in [0.3, 0.4) is 0 Å². The number of carbonyl (C=O) groups is 1. The number of nitrogens with one attached hydrogen (secondary N) is 2. The number of amides is 1. The number of rotatable bonds is 7. The first-order chi connectivity index (χ1) is 17.7. The van der Waals surface area contributed by atoms with Crippen molar-refractivity contribution in [1.82, 2.24) is 10.6 Å². The van der Waals surface area contributed by atoms with E-state index in [4.69, 9.17) is 4.74 Å². The maximum absolute atomic E-state index is 13.6. The zero-order chi connectivity index (χ0) is 28.2. The van der Waals surface area contributed by atoms with Gasteiger partial charge in [-0.15, -0.1) is 0 Å². The van der Waals surface area contributed by atoms with E-state index in [1.165, 1.54) is 0 Å². The van der Waals surface area contributed by atoms with Crippen LogP contribution in [0.1, 0.15) is 81.9 Å². The van der Waals surface area contributed by atoms with Gasteiger partial charge >= 0.3 is 12.4 Å². The summed E-state index contributed by atoms with van der Waals surface area (Å²) in [4.78, 5) is 13.6. The van der Waals surface area contributed by atoms with Gasteiger partial charge in [-0.3, -0.25) is 4.79 Å². The largest absolute Gasteiger partial charge is 0.416 e. The third kappa shape index (κ3) is 7.41. The molecule has 0 radical (unpaired) electrons. The summed E-state index contributed by atoms with van der Waals surface area (Å²) in [5.41, 5.74) is -5.03. The summed E-state index contributed by atoms with van der Waals surface area (Å²) in [6.07, 6.45) is -3.55. The molecule has 2 fully saturated rings. The molecule has 0 bridgehead atoms. The minimum absolute atomic E-state index is 0.00337. The second kappa shape index (κ2) is 12.1. The molecule has 1 aromatic rings. The molecule has 1 amide bonds. The zero-order valence-corrected chi connectivity index (χ0v) is 21.9. The second-order valence-electron chi connectivity index (χ2n) is 11.3. The Bertz CT molecular complexity index is 907. The quantitative estimate of drug-likeness (QED) is 0.372. The van der Waals surface area contributed by atoms with Gasteiger partial charge in [0, 0.05) is 43.9 Å². The van der Waals surface area contributed by atoms with E-state index in [9.17, 15) is 36.2 Å². The van der Waals surface area contributed by atoms with Crippen molar-refractivity contribution < 1.29 is 41.0 Å². The highest BCUT2D eigenvalue weighted by atomic mass is 19.4. The molecular formula is C27H38F6N2O3. The van der Waals surface area contributed by atoms with E-state index >= 15 is 0 Å². The van der Waals surface area contributed by atoms with Crippen molar-refractivity contribution in [2.24, 2.45) is 10.8 Å². The Morgan fingerprint density at radius 1 is 0.947 bits per heavy atom. The highest BCUT2D eigenvalue weighted by molar-refractivity contribution is 5.84. The molecule has 1 heterocycles. The van der Waals surface area contributed by atoms with Crippen LogP contribution in [0.25, 0.3) is 0 Å².